The van der Waals surface area contributed by atoms with E-state index in [0.717, 1.165) is 17.8 Å². The lowest BCUT2D eigenvalue weighted by Crippen LogP contribution is -2.29. The lowest BCUT2D eigenvalue weighted by molar-refractivity contribution is 0.404. The highest BCUT2D eigenvalue weighted by Gasteiger charge is 2.34. The molecule has 0 amide bonds. The van der Waals surface area contributed by atoms with Gasteiger partial charge >= 0.3 is 0 Å². The first-order valence-electron chi connectivity index (χ1n) is 6.03. The summed E-state index contributed by atoms with van der Waals surface area (Å²) >= 11 is 0. The first kappa shape index (κ1) is 8.93. The van der Waals surface area contributed by atoms with Gasteiger partial charge in [0.15, 0.2) is 0 Å². The van der Waals surface area contributed by atoms with Crippen LogP contribution >= 0.6 is 0 Å². The average molecular weight is 192 g/mol. The zero-order valence-corrected chi connectivity index (χ0v) is 8.78. The van der Waals surface area contributed by atoms with Crippen LogP contribution in [-0.2, 0) is 0 Å². The first-order valence-corrected chi connectivity index (χ1v) is 6.03. The Bertz CT molecular complexity index is 232. The van der Waals surface area contributed by atoms with Gasteiger partial charge in [0.05, 0.1) is 0 Å². The molecule has 0 aromatic heterocycles. The highest BCUT2D eigenvalue weighted by Crippen LogP contribution is 2.42. The van der Waals surface area contributed by atoms with E-state index in [1.165, 1.54) is 45.6 Å². The molecule has 2 heteroatoms. The normalized spacial score (nSPS) is 39.6. The van der Waals surface area contributed by atoms with E-state index in [0.29, 0.717) is 0 Å². The Morgan fingerprint density at radius 1 is 1.21 bits per heavy atom. The highest BCUT2D eigenvalue weighted by molar-refractivity contribution is 5.10. The van der Waals surface area contributed by atoms with Crippen LogP contribution in [0.2, 0.25) is 0 Å². The van der Waals surface area contributed by atoms with E-state index in [4.69, 9.17) is 0 Å². The minimum atomic E-state index is 0.911. The molecule has 3 rings (SSSR count). The SMILES string of the molecule is C1=CC2CC1CC2CNCCN1CC1. The largest absolute Gasteiger partial charge is 0.315 e. The minimum absolute atomic E-state index is 0.911. The molecule has 0 spiro atoms. The maximum atomic E-state index is 3.61. The number of hydrogen-bond donors (Lipinski definition) is 1. The van der Waals surface area contributed by atoms with Crippen LogP contribution in [0, 0.1) is 17.8 Å². The summed E-state index contributed by atoms with van der Waals surface area (Å²) in [6.07, 6.45) is 7.76. The van der Waals surface area contributed by atoms with Crippen LogP contribution in [0.1, 0.15) is 12.8 Å². The summed E-state index contributed by atoms with van der Waals surface area (Å²) in [5.74, 6) is 2.78. The highest BCUT2D eigenvalue weighted by atomic mass is 15.3. The van der Waals surface area contributed by atoms with E-state index >= 15 is 0 Å². The summed E-state index contributed by atoms with van der Waals surface area (Å²) in [7, 11) is 0. The molecule has 2 nitrogen and oxygen atoms in total. The predicted octanol–water partition coefficient (Wildman–Crippen LogP) is 1.10. The van der Waals surface area contributed by atoms with Gasteiger partial charge in [-0.25, -0.2) is 0 Å². The molecule has 3 aliphatic rings. The van der Waals surface area contributed by atoms with Gasteiger partial charge < -0.3 is 5.32 Å². The van der Waals surface area contributed by atoms with E-state index in [1.54, 1.807) is 0 Å². The predicted molar refractivity (Wildman–Crippen MR) is 58.2 cm³/mol. The van der Waals surface area contributed by atoms with Gasteiger partial charge in [-0.15, -0.1) is 0 Å². The van der Waals surface area contributed by atoms with Crippen LogP contribution in [0.25, 0.3) is 0 Å². The van der Waals surface area contributed by atoms with E-state index in [-0.39, 0.29) is 0 Å². The van der Waals surface area contributed by atoms with Crippen LogP contribution in [0.3, 0.4) is 0 Å². The van der Waals surface area contributed by atoms with Crippen molar-refractivity contribution in [1.82, 2.24) is 10.2 Å². The number of fused-ring (bicyclic) bond motifs is 2. The quantitative estimate of drug-likeness (QED) is 0.399. The Morgan fingerprint density at radius 2 is 2.14 bits per heavy atom. The fourth-order valence-electron chi connectivity index (χ4n) is 2.95. The van der Waals surface area contributed by atoms with E-state index in [1.807, 2.05) is 0 Å². The molecule has 0 radical (unpaired) electrons. The standard InChI is InChI=1S/C12H20N2/c1-2-11-7-10(1)8-12(11)9-13-3-4-14-5-6-14/h1-2,10-13H,3-9H2. The van der Waals surface area contributed by atoms with Crippen LogP contribution < -0.4 is 5.32 Å². The van der Waals surface area contributed by atoms with Crippen LogP contribution in [0.5, 0.6) is 0 Å². The smallest absolute Gasteiger partial charge is 0.0110 e. The van der Waals surface area contributed by atoms with Gasteiger partial charge in [-0.05, 0) is 37.1 Å². The van der Waals surface area contributed by atoms with Crippen molar-refractivity contribution in [1.29, 1.82) is 0 Å². The molecule has 0 aromatic rings. The van der Waals surface area contributed by atoms with Gasteiger partial charge in [0.1, 0.15) is 0 Å². The van der Waals surface area contributed by atoms with Gasteiger partial charge in [0.25, 0.3) is 0 Å². The van der Waals surface area contributed by atoms with Gasteiger partial charge in [-0.2, -0.15) is 0 Å². The summed E-state index contributed by atoms with van der Waals surface area (Å²) in [5.41, 5.74) is 0. The van der Waals surface area contributed by atoms with Gasteiger partial charge in [0, 0.05) is 26.2 Å². The fourth-order valence-corrected chi connectivity index (χ4v) is 2.95. The molecule has 14 heavy (non-hydrogen) atoms. The molecule has 3 atom stereocenters. The van der Waals surface area contributed by atoms with Gasteiger partial charge in [0.2, 0.25) is 0 Å². The lowest BCUT2D eigenvalue weighted by Gasteiger charge is -2.18. The number of rotatable bonds is 5. The van der Waals surface area contributed by atoms with Crippen molar-refractivity contribution < 1.29 is 0 Å². The van der Waals surface area contributed by atoms with Crippen molar-refractivity contribution in [3.63, 3.8) is 0 Å². The van der Waals surface area contributed by atoms with Crippen molar-refractivity contribution in [2.24, 2.45) is 17.8 Å². The van der Waals surface area contributed by atoms with Gasteiger partial charge in [-0.3, -0.25) is 4.90 Å². The molecule has 2 fully saturated rings. The summed E-state index contributed by atoms with van der Waals surface area (Å²) in [4.78, 5) is 2.48. The second kappa shape index (κ2) is 3.67. The van der Waals surface area contributed by atoms with Crippen LogP contribution in [0.15, 0.2) is 12.2 Å². The Labute approximate surface area is 86.4 Å². The topological polar surface area (TPSA) is 15.0 Å². The molecule has 2 aliphatic carbocycles. The number of nitrogens with zero attached hydrogens (tertiary/aromatic N) is 1. The fraction of sp³-hybridized carbons (Fsp3) is 0.833. The Balaban J connectivity index is 1.34. The Hall–Kier alpha value is -0.340. The van der Waals surface area contributed by atoms with Crippen molar-refractivity contribution in [2.45, 2.75) is 12.8 Å². The molecule has 1 heterocycles. The molecule has 1 aliphatic heterocycles. The monoisotopic (exact) mass is 192 g/mol. The summed E-state index contributed by atoms with van der Waals surface area (Å²) in [6, 6.07) is 0. The summed E-state index contributed by atoms with van der Waals surface area (Å²) in [5, 5.41) is 3.61. The first-order chi connectivity index (χ1) is 6.92. The second-order valence-electron chi connectivity index (χ2n) is 5.09. The molecule has 78 valence electrons. The molecule has 1 saturated heterocycles. The minimum Gasteiger partial charge on any atom is -0.315 e. The van der Waals surface area contributed by atoms with E-state index in [2.05, 4.69) is 22.4 Å². The molecular formula is C12H20N2. The summed E-state index contributed by atoms with van der Waals surface area (Å²) in [6.45, 7) is 6.37. The Morgan fingerprint density at radius 3 is 2.79 bits per heavy atom. The molecule has 1 N–H and O–H groups in total. The van der Waals surface area contributed by atoms with Crippen LogP contribution in [-0.4, -0.2) is 37.6 Å². The number of allylic oxidation sites excluding steroid dienone is 2. The molecule has 3 unspecified atom stereocenters. The van der Waals surface area contributed by atoms with Crippen molar-refractivity contribution in [3.8, 4) is 0 Å². The van der Waals surface area contributed by atoms with Crippen LogP contribution in [0.4, 0.5) is 0 Å². The zero-order valence-electron chi connectivity index (χ0n) is 8.78. The van der Waals surface area contributed by atoms with Gasteiger partial charge in [-0.1, -0.05) is 12.2 Å². The average Bonchev–Trinajstić information content (AvgIpc) is 2.79. The Kier molecular flexibility index (Phi) is 2.34. The third-order valence-electron chi connectivity index (χ3n) is 3.97. The van der Waals surface area contributed by atoms with E-state index < -0.39 is 0 Å². The molecule has 2 bridgehead atoms. The third-order valence-corrected chi connectivity index (χ3v) is 3.97. The van der Waals surface area contributed by atoms with Crippen molar-refractivity contribution in [2.75, 3.05) is 32.7 Å². The molecular weight excluding hydrogens is 172 g/mol. The zero-order chi connectivity index (χ0) is 9.38. The number of nitrogens with one attached hydrogen (secondary N) is 1. The van der Waals surface area contributed by atoms with E-state index in [9.17, 15) is 0 Å². The lowest BCUT2D eigenvalue weighted by atomic mass is 9.94. The van der Waals surface area contributed by atoms with Crippen molar-refractivity contribution >= 4 is 0 Å². The maximum absolute atomic E-state index is 3.61. The molecule has 1 saturated carbocycles. The maximum Gasteiger partial charge on any atom is 0.0110 e. The number of hydrogen-bond acceptors (Lipinski definition) is 2. The summed E-state index contributed by atoms with van der Waals surface area (Å²) < 4.78 is 0. The second-order valence-corrected chi connectivity index (χ2v) is 5.09. The van der Waals surface area contributed by atoms with Crippen molar-refractivity contribution in [3.05, 3.63) is 12.2 Å². The third kappa shape index (κ3) is 1.86. The molecule has 0 aromatic carbocycles.